The van der Waals surface area contributed by atoms with Crippen molar-refractivity contribution in [1.29, 1.82) is 0 Å². The number of piperidine rings is 1. The summed E-state index contributed by atoms with van der Waals surface area (Å²) in [6.07, 6.45) is 3.70. The molecule has 2 aliphatic rings. The number of hydrogen-bond donors (Lipinski definition) is 0. The van der Waals surface area contributed by atoms with Crippen molar-refractivity contribution in [3.8, 4) is 0 Å². The van der Waals surface area contributed by atoms with E-state index in [4.69, 9.17) is 0 Å². The lowest BCUT2D eigenvalue weighted by molar-refractivity contribution is -0.138. The second-order valence-electron chi connectivity index (χ2n) is 9.15. The second-order valence-corrected chi connectivity index (χ2v) is 9.15. The van der Waals surface area contributed by atoms with Crippen LogP contribution in [0.2, 0.25) is 0 Å². The van der Waals surface area contributed by atoms with Crippen molar-refractivity contribution in [2.24, 2.45) is 0 Å². The Morgan fingerprint density at radius 1 is 0.867 bits per heavy atom. The first-order chi connectivity index (χ1) is 14.6. The van der Waals surface area contributed by atoms with Crippen LogP contribution in [0, 0.1) is 0 Å². The summed E-state index contributed by atoms with van der Waals surface area (Å²) in [7, 11) is 1.99. The van der Waals surface area contributed by atoms with Gasteiger partial charge in [-0.15, -0.1) is 0 Å². The third-order valence-corrected chi connectivity index (χ3v) is 7.49. The number of likely N-dealkylation sites (tertiary alicyclic amines) is 1. The molecule has 1 fully saturated rings. The minimum atomic E-state index is 0.0593. The SMILES string of the molecule is CN1C(=O)CC[C@]2(C)c3ccc(C(c4ccccc4)c4ccccc4)cc3CC[C@@H]12. The van der Waals surface area contributed by atoms with Crippen LogP contribution in [0.3, 0.4) is 0 Å². The van der Waals surface area contributed by atoms with Gasteiger partial charge in [0.2, 0.25) is 5.91 Å². The van der Waals surface area contributed by atoms with Crippen LogP contribution in [0.5, 0.6) is 0 Å². The lowest BCUT2D eigenvalue weighted by Crippen LogP contribution is -2.56. The van der Waals surface area contributed by atoms with Crippen LogP contribution in [-0.4, -0.2) is 23.9 Å². The second kappa shape index (κ2) is 7.43. The van der Waals surface area contributed by atoms with Gasteiger partial charge in [0.1, 0.15) is 0 Å². The van der Waals surface area contributed by atoms with Crippen LogP contribution in [0.15, 0.2) is 78.9 Å². The van der Waals surface area contributed by atoms with Gasteiger partial charge in [0.05, 0.1) is 0 Å². The highest BCUT2D eigenvalue weighted by Crippen LogP contribution is 2.46. The molecule has 1 saturated heterocycles. The Balaban J connectivity index is 1.59. The highest BCUT2D eigenvalue weighted by atomic mass is 16.2. The summed E-state index contributed by atoms with van der Waals surface area (Å²) in [5.41, 5.74) is 6.98. The summed E-state index contributed by atoms with van der Waals surface area (Å²) in [5, 5.41) is 0. The van der Waals surface area contributed by atoms with Crippen LogP contribution in [-0.2, 0) is 16.6 Å². The smallest absolute Gasteiger partial charge is 0.222 e. The molecule has 0 saturated carbocycles. The summed E-state index contributed by atoms with van der Waals surface area (Å²) in [5.74, 6) is 0.532. The van der Waals surface area contributed by atoms with Gasteiger partial charge in [-0.1, -0.05) is 85.8 Å². The van der Waals surface area contributed by atoms with E-state index in [0.29, 0.717) is 18.4 Å². The third kappa shape index (κ3) is 3.06. The molecule has 3 aromatic carbocycles. The van der Waals surface area contributed by atoms with E-state index in [9.17, 15) is 4.79 Å². The van der Waals surface area contributed by atoms with Crippen LogP contribution in [0.1, 0.15) is 59.9 Å². The largest absolute Gasteiger partial charge is 0.342 e. The van der Waals surface area contributed by atoms with Gasteiger partial charge in [-0.2, -0.15) is 0 Å². The van der Waals surface area contributed by atoms with E-state index < -0.39 is 0 Å². The number of carbonyl (C=O) groups excluding carboxylic acids is 1. The minimum absolute atomic E-state index is 0.0593. The highest BCUT2D eigenvalue weighted by Gasteiger charge is 2.46. The molecular formula is C28H29NO. The fourth-order valence-corrected chi connectivity index (χ4v) is 5.85. The van der Waals surface area contributed by atoms with E-state index in [1.54, 1.807) is 0 Å². The zero-order chi connectivity index (χ0) is 20.7. The molecule has 5 rings (SSSR count). The van der Waals surface area contributed by atoms with Gasteiger partial charge in [0.15, 0.2) is 0 Å². The number of aryl methyl sites for hydroxylation is 1. The minimum Gasteiger partial charge on any atom is -0.342 e. The first-order valence-electron chi connectivity index (χ1n) is 11.1. The Labute approximate surface area is 179 Å². The lowest BCUT2D eigenvalue weighted by Gasteiger charge is -2.50. The van der Waals surface area contributed by atoms with E-state index in [1.165, 1.54) is 27.8 Å². The van der Waals surface area contributed by atoms with Crippen molar-refractivity contribution in [3.05, 3.63) is 107 Å². The molecule has 0 bridgehead atoms. The number of rotatable bonds is 3. The predicted octanol–water partition coefficient (Wildman–Crippen LogP) is 5.69. The molecule has 0 N–H and O–H groups in total. The molecule has 152 valence electrons. The number of nitrogens with zero attached hydrogens (tertiary/aromatic N) is 1. The molecule has 30 heavy (non-hydrogen) atoms. The Hall–Kier alpha value is -2.87. The quantitative estimate of drug-likeness (QED) is 0.522. The lowest BCUT2D eigenvalue weighted by atomic mass is 9.63. The number of carbonyl (C=O) groups is 1. The normalized spacial score (nSPS) is 23.2. The van der Waals surface area contributed by atoms with Crippen molar-refractivity contribution in [2.45, 2.75) is 50.0 Å². The van der Waals surface area contributed by atoms with Crippen molar-refractivity contribution < 1.29 is 4.79 Å². The fraction of sp³-hybridized carbons (Fsp3) is 0.321. The summed E-state index contributed by atoms with van der Waals surface area (Å²) in [6.45, 7) is 2.37. The van der Waals surface area contributed by atoms with Gasteiger partial charge in [-0.05, 0) is 47.1 Å². The average molecular weight is 396 g/mol. The van der Waals surface area contributed by atoms with Gasteiger partial charge in [-0.3, -0.25) is 4.79 Å². The summed E-state index contributed by atoms with van der Waals surface area (Å²) in [4.78, 5) is 14.3. The van der Waals surface area contributed by atoms with E-state index >= 15 is 0 Å². The van der Waals surface area contributed by atoms with Crippen LogP contribution in [0.25, 0.3) is 0 Å². The summed E-state index contributed by atoms with van der Waals surface area (Å²) < 4.78 is 0. The van der Waals surface area contributed by atoms with E-state index in [-0.39, 0.29) is 11.3 Å². The number of amides is 1. The summed E-state index contributed by atoms with van der Waals surface area (Å²) in [6, 6.07) is 29.1. The average Bonchev–Trinajstić information content (AvgIpc) is 2.78. The number of hydrogen-bond acceptors (Lipinski definition) is 1. The standard InChI is InChI=1S/C28H29NO/c1-28-18-17-26(30)29(2)25(28)16-14-22-19-23(13-15-24(22)28)27(20-9-5-3-6-10-20)21-11-7-4-8-12-21/h3-13,15,19,25,27H,14,16-18H2,1-2H3/t25-,28-/m1/s1. The molecule has 0 aromatic heterocycles. The zero-order valence-electron chi connectivity index (χ0n) is 17.8. The molecular weight excluding hydrogens is 366 g/mol. The first-order valence-corrected chi connectivity index (χ1v) is 11.1. The monoisotopic (exact) mass is 395 g/mol. The van der Waals surface area contributed by atoms with E-state index in [0.717, 1.165) is 19.3 Å². The van der Waals surface area contributed by atoms with Crippen molar-refractivity contribution in [2.75, 3.05) is 7.05 Å². The van der Waals surface area contributed by atoms with Crippen molar-refractivity contribution in [3.63, 3.8) is 0 Å². The predicted molar refractivity (Wildman–Crippen MR) is 122 cm³/mol. The van der Waals surface area contributed by atoms with Gasteiger partial charge in [0, 0.05) is 30.8 Å². The zero-order valence-corrected chi connectivity index (χ0v) is 17.8. The first kappa shape index (κ1) is 19.1. The van der Waals surface area contributed by atoms with E-state index in [1.807, 2.05) is 11.9 Å². The molecule has 0 spiro atoms. The molecule has 0 unspecified atom stereocenters. The number of fused-ring (bicyclic) bond motifs is 3. The van der Waals surface area contributed by atoms with Gasteiger partial charge < -0.3 is 4.90 Å². The Bertz CT molecular complexity index is 1020. The van der Waals surface area contributed by atoms with E-state index in [2.05, 4.69) is 85.8 Å². The third-order valence-electron chi connectivity index (χ3n) is 7.49. The number of likely N-dealkylation sites (N-methyl/N-ethyl adjacent to an activating group) is 1. The highest BCUT2D eigenvalue weighted by molar-refractivity contribution is 5.78. The topological polar surface area (TPSA) is 20.3 Å². The maximum Gasteiger partial charge on any atom is 0.222 e. The number of benzene rings is 3. The molecule has 0 radical (unpaired) electrons. The molecule has 2 nitrogen and oxygen atoms in total. The van der Waals surface area contributed by atoms with Gasteiger partial charge in [0.25, 0.3) is 0 Å². The molecule has 1 aliphatic carbocycles. The van der Waals surface area contributed by atoms with Crippen molar-refractivity contribution >= 4 is 5.91 Å². The van der Waals surface area contributed by atoms with Crippen LogP contribution < -0.4 is 0 Å². The van der Waals surface area contributed by atoms with Crippen LogP contribution >= 0.6 is 0 Å². The van der Waals surface area contributed by atoms with Crippen LogP contribution in [0.4, 0.5) is 0 Å². The maximum atomic E-state index is 12.3. The fourth-order valence-electron chi connectivity index (χ4n) is 5.85. The summed E-state index contributed by atoms with van der Waals surface area (Å²) >= 11 is 0. The Kier molecular flexibility index (Phi) is 4.73. The van der Waals surface area contributed by atoms with Gasteiger partial charge >= 0.3 is 0 Å². The molecule has 2 atom stereocenters. The molecule has 1 heterocycles. The molecule has 1 aliphatic heterocycles. The molecule has 3 aromatic rings. The molecule has 1 amide bonds. The van der Waals surface area contributed by atoms with Crippen molar-refractivity contribution in [1.82, 2.24) is 4.90 Å². The Morgan fingerprint density at radius 2 is 1.50 bits per heavy atom. The van der Waals surface area contributed by atoms with Gasteiger partial charge in [-0.25, -0.2) is 0 Å². The molecule has 2 heteroatoms. The Morgan fingerprint density at radius 3 is 2.13 bits per heavy atom. The maximum absolute atomic E-state index is 12.3.